The fraction of sp³-hybridized carbons (Fsp3) is 0.294. The molecular weight excluding hydrogens is 570 g/mol. The number of aromatic nitrogens is 5. The SMILES string of the molecule is CCc1nc(-c2cn(-c3cc(C(=O)Nc4cc(C(C)(C)C)cc(NSC)c4OC)ccc3C)nn2)cn1Cc1ccccc1. The van der Waals surface area contributed by atoms with Crippen LogP contribution in [0.4, 0.5) is 11.4 Å². The summed E-state index contributed by atoms with van der Waals surface area (Å²) in [6.07, 6.45) is 6.63. The molecule has 0 unspecified atom stereocenters. The number of imidazole rings is 1. The summed E-state index contributed by atoms with van der Waals surface area (Å²) >= 11 is 1.47. The monoisotopic (exact) mass is 609 g/mol. The number of aryl methyl sites for hydroxylation is 2. The predicted molar refractivity (Wildman–Crippen MR) is 179 cm³/mol. The van der Waals surface area contributed by atoms with Gasteiger partial charge in [-0.1, -0.05) is 81.3 Å². The van der Waals surface area contributed by atoms with E-state index in [-0.39, 0.29) is 11.3 Å². The summed E-state index contributed by atoms with van der Waals surface area (Å²) in [7, 11) is 1.60. The molecule has 44 heavy (non-hydrogen) atoms. The normalized spacial score (nSPS) is 11.4. The minimum atomic E-state index is -0.252. The molecule has 2 heterocycles. The molecule has 10 heteroatoms. The molecule has 0 aliphatic rings. The van der Waals surface area contributed by atoms with Crippen molar-refractivity contribution in [2.24, 2.45) is 0 Å². The Hall–Kier alpha value is -4.57. The second kappa shape index (κ2) is 13.0. The van der Waals surface area contributed by atoms with E-state index < -0.39 is 0 Å². The molecule has 5 rings (SSSR count). The quantitative estimate of drug-likeness (QED) is 0.160. The molecule has 228 valence electrons. The molecule has 0 spiro atoms. The fourth-order valence-corrected chi connectivity index (χ4v) is 5.40. The molecule has 0 fully saturated rings. The molecule has 0 bridgehead atoms. The van der Waals surface area contributed by atoms with Crippen LogP contribution in [0.25, 0.3) is 17.1 Å². The number of amides is 1. The topological polar surface area (TPSA) is 98.9 Å². The van der Waals surface area contributed by atoms with Gasteiger partial charge in [-0.25, -0.2) is 9.67 Å². The highest BCUT2D eigenvalue weighted by atomic mass is 32.2. The van der Waals surface area contributed by atoms with Crippen molar-refractivity contribution < 1.29 is 9.53 Å². The first-order valence-electron chi connectivity index (χ1n) is 14.6. The molecule has 0 aliphatic carbocycles. The van der Waals surface area contributed by atoms with Gasteiger partial charge in [-0.3, -0.25) is 4.79 Å². The van der Waals surface area contributed by atoms with E-state index in [1.54, 1.807) is 11.8 Å². The zero-order valence-corrected chi connectivity index (χ0v) is 27.1. The lowest BCUT2D eigenvalue weighted by Crippen LogP contribution is -2.17. The minimum absolute atomic E-state index is 0.127. The second-order valence-electron chi connectivity index (χ2n) is 11.7. The molecule has 0 aliphatic heterocycles. The lowest BCUT2D eigenvalue weighted by atomic mass is 9.86. The van der Waals surface area contributed by atoms with E-state index in [9.17, 15) is 4.79 Å². The van der Waals surface area contributed by atoms with Crippen LogP contribution in [-0.4, -0.2) is 43.8 Å². The van der Waals surface area contributed by atoms with Crippen molar-refractivity contribution in [3.8, 4) is 22.8 Å². The van der Waals surface area contributed by atoms with E-state index in [1.165, 1.54) is 17.5 Å². The Balaban J connectivity index is 1.43. The van der Waals surface area contributed by atoms with Crippen LogP contribution in [0, 0.1) is 6.92 Å². The Labute approximate surface area is 263 Å². The van der Waals surface area contributed by atoms with Crippen LogP contribution in [0.1, 0.15) is 60.6 Å². The molecule has 0 saturated heterocycles. The third kappa shape index (κ3) is 6.65. The summed E-state index contributed by atoms with van der Waals surface area (Å²) in [5.74, 6) is 1.31. The molecule has 2 N–H and O–H groups in total. The van der Waals surface area contributed by atoms with Crippen LogP contribution in [0.3, 0.4) is 0 Å². The van der Waals surface area contributed by atoms with Gasteiger partial charge in [-0.05, 0) is 53.3 Å². The van der Waals surface area contributed by atoms with Gasteiger partial charge in [0.15, 0.2) is 5.75 Å². The van der Waals surface area contributed by atoms with Gasteiger partial charge in [0.1, 0.15) is 17.2 Å². The largest absolute Gasteiger partial charge is 0.492 e. The summed E-state index contributed by atoms with van der Waals surface area (Å²) in [6, 6.07) is 19.9. The Morgan fingerprint density at radius 1 is 1.00 bits per heavy atom. The maximum Gasteiger partial charge on any atom is 0.255 e. The molecule has 1 amide bonds. The van der Waals surface area contributed by atoms with Crippen LogP contribution in [-0.2, 0) is 18.4 Å². The molecule has 9 nitrogen and oxygen atoms in total. The summed E-state index contributed by atoms with van der Waals surface area (Å²) in [6.45, 7) is 11.2. The van der Waals surface area contributed by atoms with Crippen molar-refractivity contribution in [3.05, 3.63) is 101 Å². The van der Waals surface area contributed by atoms with Crippen LogP contribution < -0.4 is 14.8 Å². The van der Waals surface area contributed by atoms with Gasteiger partial charge in [0.2, 0.25) is 0 Å². The maximum absolute atomic E-state index is 13.6. The third-order valence-electron chi connectivity index (χ3n) is 7.46. The first kappa shape index (κ1) is 30.9. The summed E-state index contributed by atoms with van der Waals surface area (Å²) < 4.78 is 12.9. The molecule has 5 aromatic rings. The first-order chi connectivity index (χ1) is 21.1. The van der Waals surface area contributed by atoms with Crippen molar-refractivity contribution in [1.29, 1.82) is 0 Å². The Kier molecular flexibility index (Phi) is 9.10. The number of ether oxygens (including phenoxy) is 1. The smallest absolute Gasteiger partial charge is 0.255 e. The van der Waals surface area contributed by atoms with Gasteiger partial charge in [0.05, 0.1) is 30.4 Å². The van der Waals surface area contributed by atoms with Crippen LogP contribution in [0.15, 0.2) is 73.1 Å². The number of carbonyl (C=O) groups excluding carboxylic acids is 1. The van der Waals surface area contributed by atoms with Gasteiger partial charge in [0, 0.05) is 31.0 Å². The lowest BCUT2D eigenvalue weighted by Gasteiger charge is -2.24. The first-order valence-corrected chi connectivity index (χ1v) is 15.8. The van der Waals surface area contributed by atoms with Gasteiger partial charge >= 0.3 is 0 Å². The van der Waals surface area contributed by atoms with Crippen molar-refractivity contribution in [1.82, 2.24) is 24.5 Å². The molecule has 0 radical (unpaired) electrons. The number of methoxy groups -OCH3 is 1. The summed E-state index contributed by atoms with van der Waals surface area (Å²) in [5, 5.41) is 11.9. The van der Waals surface area contributed by atoms with Crippen LogP contribution >= 0.6 is 11.9 Å². The van der Waals surface area contributed by atoms with Crippen LogP contribution in [0.5, 0.6) is 5.75 Å². The number of rotatable bonds is 10. The van der Waals surface area contributed by atoms with Crippen molar-refractivity contribution in [3.63, 3.8) is 0 Å². The van der Waals surface area contributed by atoms with E-state index in [1.807, 2.05) is 68.0 Å². The van der Waals surface area contributed by atoms with Crippen molar-refractivity contribution in [2.45, 2.75) is 53.0 Å². The van der Waals surface area contributed by atoms with Gasteiger partial charge in [0.25, 0.3) is 5.91 Å². The zero-order valence-electron chi connectivity index (χ0n) is 26.3. The molecule has 3 aromatic carbocycles. The van der Waals surface area contributed by atoms with Crippen molar-refractivity contribution >= 4 is 29.2 Å². The zero-order chi connectivity index (χ0) is 31.4. The highest BCUT2D eigenvalue weighted by Gasteiger charge is 2.22. The maximum atomic E-state index is 13.6. The predicted octanol–water partition coefficient (Wildman–Crippen LogP) is 7.30. The van der Waals surface area contributed by atoms with E-state index in [4.69, 9.17) is 9.72 Å². The number of benzene rings is 3. The average Bonchev–Trinajstić information content (AvgIpc) is 3.65. The fourth-order valence-electron chi connectivity index (χ4n) is 5.03. The van der Waals surface area contributed by atoms with E-state index in [2.05, 4.69) is 70.8 Å². The second-order valence-corrected chi connectivity index (χ2v) is 12.3. The van der Waals surface area contributed by atoms with E-state index in [0.29, 0.717) is 22.7 Å². The number of anilines is 2. The number of hydrogen-bond acceptors (Lipinski definition) is 7. The number of nitrogens with zero attached hydrogens (tertiary/aromatic N) is 5. The number of nitrogens with one attached hydrogen (secondary N) is 2. The Morgan fingerprint density at radius 2 is 1.75 bits per heavy atom. The highest BCUT2D eigenvalue weighted by molar-refractivity contribution is 7.99. The lowest BCUT2D eigenvalue weighted by molar-refractivity contribution is 0.102. The molecule has 2 aromatic heterocycles. The average molecular weight is 610 g/mol. The van der Waals surface area contributed by atoms with Gasteiger partial charge in [-0.2, -0.15) is 0 Å². The molecule has 0 saturated carbocycles. The standard InChI is InChI=1S/C34H39N7O2S/c1-8-31-35-28(20-40(31)19-23-12-10-9-11-13-23)29-21-41(39-37-29)30-16-24(15-14-22(30)2)33(42)36-26-17-25(34(3,4)5)18-27(38-44-7)32(26)43-6/h9-18,20-21,38H,8,19H2,1-7H3,(H,36,42). The summed E-state index contributed by atoms with van der Waals surface area (Å²) in [4.78, 5) is 18.4. The van der Waals surface area contributed by atoms with Crippen LogP contribution in [0.2, 0.25) is 0 Å². The number of carbonyl (C=O) groups is 1. The minimum Gasteiger partial charge on any atom is -0.492 e. The Morgan fingerprint density at radius 3 is 2.43 bits per heavy atom. The number of hydrogen-bond donors (Lipinski definition) is 2. The molecular formula is C34H39N7O2S. The molecule has 0 atom stereocenters. The van der Waals surface area contributed by atoms with E-state index >= 15 is 0 Å². The van der Waals surface area contributed by atoms with Gasteiger partial charge in [-0.15, -0.1) is 5.10 Å². The van der Waals surface area contributed by atoms with Gasteiger partial charge < -0.3 is 19.3 Å². The third-order valence-corrected chi connectivity index (χ3v) is 7.89. The Bertz CT molecular complexity index is 1770. The summed E-state index contributed by atoms with van der Waals surface area (Å²) in [5.41, 5.74) is 7.20. The van der Waals surface area contributed by atoms with Crippen molar-refractivity contribution in [2.75, 3.05) is 23.4 Å². The van der Waals surface area contributed by atoms with E-state index in [0.717, 1.165) is 47.0 Å². The highest BCUT2D eigenvalue weighted by Crippen LogP contribution is 2.39.